The summed E-state index contributed by atoms with van der Waals surface area (Å²) in [6, 6.07) is 7.57. The van der Waals surface area contributed by atoms with E-state index >= 15 is 0 Å². The minimum Gasteiger partial charge on any atom is -0.481 e. The first-order valence-corrected chi connectivity index (χ1v) is 6.65. The molecule has 1 aliphatic rings. The number of hydrogen-bond donors (Lipinski definition) is 3. The molecule has 3 N–H and O–H groups in total. The highest BCUT2D eigenvalue weighted by molar-refractivity contribution is 5.86. The number of carboxylic acids is 1. The highest BCUT2D eigenvalue weighted by Gasteiger charge is 2.33. The van der Waals surface area contributed by atoms with Crippen LogP contribution >= 0.6 is 0 Å². The van der Waals surface area contributed by atoms with E-state index in [9.17, 15) is 14.7 Å². The van der Waals surface area contributed by atoms with Crippen molar-refractivity contribution in [1.82, 2.24) is 10.3 Å². The van der Waals surface area contributed by atoms with E-state index in [4.69, 9.17) is 0 Å². The minimum absolute atomic E-state index is 0.148. The Balaban J connectivity index is 2.11. The average Bonchev–Trinajstić information content (AvgIpc) is 2.77. The van der Waals surface area contributed by atoms with Gasteiger partial charge in [-0.3, -0.25) is 9.59 Å². The standard InChI is InChI=1S/C15H16N2O3/c1-8(18)16-13-7-9(15(19)20)6-11-10-4-2-3-5-12(10)17-14(11)13/h2-5,9,13,17H,6-7H2,1H3,(H,16,18)(H,19,20). The first-order chi connectivity index (χ1) is 9.56. The summed E-state index contributed by atoms with van der Waals surface area (Å²) >= 11 is 0. The molecule has 0 spiro atoms. The Kier molecular flexibility index (Phi) is 2.97. The Morgan fingerprint density at radius 2 is 2.10 bits per heavy atom. The molecule has 0 saturated carbocycles. The summed E-state index contributed by atoms with van der Waals surface area (Å²) in [6.45, 7) is 1.45. The van der Waals surface area contributed by atoms with E-state index in [1.807, 2.05) is 24.3 Å². The fourth-order valence-electron chi connectivity index (χ4n) is 3.03. The first-order valence-electron chi connectivity index (χ1n) is 6.65. The predicted molar refractivity (Wildman–Crippen MR) is 74.3 cm³/mol. The number of hydrogen-bond acceptors (Lipinski definition) is 2. The summed E-state index contributed by atoms with van der Waals surface area (Å²) in [5.74, 6) is -1.42. The Labute approximate surface area is 116 Å². The maximum Gasteiger partial charge on any atom is 0.306 e. The van der Waals surface area contributed by atoms with Crippen LogP contribution in [0, 0.1) is 5.92 Å². The van der Waals surface area contributed by atoms with E-state index in [2.05, 4.69) is 10.3 Å². The van der Waals surface area contributed by atoms with Gasteiger partial charge in [-0.1, -0.05) is 18.2 Å². The Morgan fingerprint density at radius 3 is 2.80 bits per heavy atom. The molecule has 2 unspecified atom stereocenters. The third-order valence-corrected chi connectivity index (χ3v) is 3.89. The van der Waals surface area contributed by atoms with Gasteiger partial charge < -0.3 is 15.4 Å². The molecular formula is C15H16N2O3. The molecule has 1 aromatic heterocycles. The van der Waals surface area contributed by atoms with Gasteiger partial charge in [-0.25, -0.2) is 0 Å². The number of aromatic amines is 1. The van der Waals surface area contributed by atoms with E-state index in [1.165, 1.54) is 6.92 Å². The van der Waals surface area contributed by atoms with Crippen molar-refractivity contribution in [2.45, 2.75) is 25.8 Å². The Morgan fingerprint density at radius 1 is 1.35 bits per heavy atom. The van der Waals surface area contributed by atoms with Gasteiger partial charge in [0, 0.05) is 23.5 Å². The molecular weight excluding hydrogens is 256 g/mol. The molecule has 0 fully saturated rings. The summed E-state index contributed by atoms with van der Waals surface area (Å²) < 4.78 is 0. The average molecular weight is 272 g/mol. The molecule has 2 aromatic rings. The van der Waals surface area contributed by atoms with Crippen LogP contribution in [0.3, 0.4) is 0 Å². The van der Waals surface area contributed by atoms with E-state index < -0.39 is 11.9 Å². The Hall–Kier alpha value is -2.30. The van der Waals surface area contributed by atoms with Crippen LogP contribution in [-0.2, 0) is 16.0 Å². The molecule has 0 saturated heterocycles. The van der Waals surface area contributed by atoms with Crippen molar-refractivity contribution in [1.29, 1.82) is 0 Å². The van der Waals surface area contributed by atoms with Crippen LogP contribution in [0.15, 0.2) is 24.3 Å². The van der Waals surface area contributed by atoms with Crippen molar-refractivity contribution in [3.63, 3.8) is 0 Å². The number of H-pyrrole nitrogens is 1. The summed E-state index contributed by atoms with van der Waals surface area (Å²) in [6.07, 6.45) is 0.930. The molecule has 3 rings (SSSR count). The minimum atomic E-state index is -0.809. The molecule has 104 valence electrons. The molecule has 1 aromatic carbocycles. The second-order valence-corrected chi connectivity index (χ2v) is 5.29. The van der Waals surface area contributed by atoms with Gasteiger partial charge in [0.15, 0.2) is 0 Å². The zero-order chi connectivity index (χ0) is 14.3. The number of nitrogens with one attached hydrogen (secondary N) is 2. The number of carbonyl (C=O) groups excluding carboxylic acids is 1. The van der Waals surface area contributed by atoms with E-state index in [0.717, 1.165) is 22.2 Å². The van der Waals surface area contributed by atoms with E-state index in [0.29, 0.717) is 12.8 Å². The summed E-state index contributed by atoms with van der Waals surface area (Å²) in [5.41, 5.74) is 2.94. The molecule has 5 heteroatoms. The molecule has 1 amide bonds. The van der Waals surface area contributed by atoms with Crippen LogP contribution < -0.4 is 5.32 Å². The number of aliphatic carboxylic acids is 1. The van der Waals surface area contributed by atoms with Crippen LogP contribution in [0.1, 0.15) is 30.6 Å². The number of fused-ring (bicyclic) bond motifs is 3. The number of carboxylic acid groups (broad SMARTS) is 1. The second kappa shape index (κ2) is 4.67. The van der Waals surface area contributed by atoms with Crippen molar-refractivity contribution in [3.05, 3.63) is 35.5 Å². The Bertz CT molecular complexity index is 689. The fraction of sp³-hybridized carbons (Fsp3) is 0.333. The fourth-order valence-corrected chi connectivity index (χ4v) is 3.03. The SMILES string of the molecule is CC(=O)NC1CC(C(=O)O)Cc2c1[nH]c1ccccc21. The number of carbonyl (C=O) groups is 2. The maximum absolute atomic E-state index is 11.3. The molecule has 0 bridgehead atoms. The largest absolute Gasteiger partial charge is 0.481 e. The van der Waals surface area contributed by atoms with Crippen LogP contribution in [0.5, 0.6) is 0 Å². The molecule has 2 atom stereocenters. The third kappa shape index (κ3) is 2.05. The number of benzene rings is 1. The van der Waals surface area contributed by atoms with Gasteiger partial charge in [-0.2, -0.15) is 0 Å². The summed E-state index contributed by atoms with van der Waals surface area (Å²) in [7, 11) is 0. The van der Waals surface area contributed by atoms with Gasteiger partial charge >= 0.3 is 5.97 Å². The lowest BCUT2D eigenvalue weighted by Gasteiger charge is -2.27. The molecule has 0 radical (unpaired) electrons. The van der Waals surface area contributed by atoms with Gasteiger partial charge in [0.2, 0.25) is 5.91 Å². The normalized spacial score (nSPS) is 21.4. The van der Waals surface area contributed by atoms with E-state index in [1.54, 1.807) is 0 Å². The summed E-state index contributed by atoms with van der Waals surface area (Å²) in [5, 5.41) is 13.2. The second-order valence-electron chi connectivity index (χ2n) is 5.29. The highest BCUT2D eigenvalue weighted by atomic mass is 16.4. The summed E-state index contributed by atoms with van der Waals surface area (Å²) in [4.78, 5) is 26.0. The number of para-hydroxylation sites is 1. The zero-order valence-electron chi connectivity index (χ0n) is 11.1. The van der Waals surface area contributed by atoms with Crippen molar-refractivity contribution in [3.8, 4) is 0 Å². The van der Waals surface area contributed by atoms with Gasteiger partial charge in [-0.15, -0.1) is 0 Å². The van der Waals surface area contributed by atoms with Crippen molar-refractivity contribution < 1.29 is 14.7 Å². The lowest BCUT2D eigenvalue weighted by Crippen LogP contribution is -2.34. The number of aromatic nitrogens is 1. The van der Waals surface area contributed by atoms with Gasteiger partial charge in [0.25, 0.3) is 0 Å². The van der Waals surface area contributed by atoms with E-state index in [-0.39, 0.29) is 11.9 Å². The topological polar surface area (TPSA) is 82.2 Å². The molecule has 0 aliphatic heterocycles. The maximum atomic E-state index is 11.3. The van der Waals surface area contributed by atoms with Crippen LogP contribution in [0.25, 0.3) is 10.9 Å². The molecule has 1 heterocycles. The quantitative estimate of drug-likeness (QED) is 0.782. The third-order valence-electron chi connectivity index (χ3n) is 3.89. The lowest BCUT2D eigenvalue weighted by molar-refractivity contribution is -0.142. The van der Waals surface area contributed by atoms with Gasteiger partial charge in [0.1, 0.15) is 0 Å². The first kappa shape index (κ1) is 12.7. The van der Waals surface area contributed by atoms with Crippen LogP contribution in [0.4, 0.5) is 0 Å². The van der Waals surface area contributed by atoms with Crippen LogP contribution in [0.2, 0.25) is 0 Å². The lowest BCUT2D eigenvalue weighted by atomic mass is 9.83. The van der Waals surface area contributed by atoms with Gasteiger partial charge in [-0.05, 0) is 24.5 Å². The molecule has 1 aliphatic carbocycles. The van der Waals surface area contributed by atoms with Gasteiger partial charge in [0.05, 0.1) is 12.0 Å². The number of rotatable bonds is 2. The molecule has 5 nitrogen and oxygen atoms in total. The number of amides is 1. The molecule has 20 heavy (non-hydrogen) atoms. The highest BCUT2D eigenvalue weighted by Crippen LogP contribution is 2.37. The van der Waals surface area contributed by atoms with Crippen molar-refractivity contribution >= 4 is 22.8 Å². The predicted octanol–water partition coefficient (Wildman–Crippen LogP) is 1.99. The monoisotopic (exact) mass is 272 g/mol. The van der Waals surface area contributed by atoms with Crippen LogP contribution in [-0.4, -0.2) is 22.0 Å². The smallest absolute Gasteiger partial charge is 0.306 e. The van der Waals surface area contributed by atoms with Crippen molar-refractivity contribution in [2.24, 2.45) is 5.92 Å². The van der Waals surface area contributed by atoms with Crippen molar-refractivity contribution in [2.75, 3.05) is 0 Å². The zero-order valence-corrected chi connectivity index (χ0v) is 11.1.